The number of carbonyl (C=O) groups excluding carboxylic acids is 3. The molecule has 5 atom stereocenters. The highest BCUT2D eigenvalue weighted by molar-refractivity contribution is 6.02. The SMILES string of the molecule is CNC(=O)[C@H](CCCN1Cc2c(cc(O)c3c2O[C@](C)(CC/C=C(\C)CCC=C(C)C)[C@@H](O)C3)C1=O)N1Cc2c(cc(O)c3c2O[C@](C)(CC/C=C(\C)CCC=C(C)C)[C@@H](O)C3)C1=O. The minimum absolute atomic E-state index is 0.0805. The third-order valence-electron chi connectivity index (χ3n) is 13.8. The second-order valence-electron chi connectivity index (χ2n) is 19.5. The van der Waals surface area contributed by atoms with E-state index in [9.17, 15) is 34.8 Å². The normalized spacial score (nSPS) is 23.1. The van der Waals surface area contributed by atoms with Crippen LogP contribution in [-0.2, 0) is 30.7 Å². The number of aliphatic hydroxyl groups is 2. The van der Waals surface area contributed by atoms with Crippen LogP contribution in [0.4, 0.5) is 0 Å². The number of phenols is 2. The summed E-state index contributed by atoms with van der Waals surface area (Å²) in [5.74, 6) is -0.406. The topological polar surface area (TPSA) is 169 Å². The summed E-state index contributed by atoms with van der Waals surface area (Å²) >= 11 is 0. The van der Waals surface area contributed by atoms with Gasteiger partial charge in [-0.3, -0.25) is 14.4 Å². The Hall–Kier alpha value is -5.07. The first-order valence-electron chi connectivity index (χ1n) is 23.2. The highest BCUT2D eigenvalue weighted by Crippen LogP contribution is 2.48. The molecule has 0 saturated carbocycles. The Morgan fingerprint density at radius 2 is 1.20 bits per heavy atom. The number of aliphatic hydroxyl groups excluding tert-OH is 2. The van der Waals surface area contributed by atoms with Crippen LogP contribution in [0.2, 0.25) is 0 Å². The molecule has 2 aromatic carbocycles. The standard InChI is InChI=1S/C52H71N3O9/c1-31(2)15-10-17-33(5)19-12-22-51(7)44(58)27-37-42(56)25-35-39(46(37)63-51)29-54(49(35)61)24-14-21-41(48(60)53-9)55-30-40-36(50(55)62)26-43(57)38-28-45(59)52(8,64-47(38)40)23-13-20-34(6)18-11-16-32(3)4/h15-16,19-20,25-26,41,44-45,56-59H,10-14,17-18,21-24,27-30H2,1-9H3,(H,53,60)/b33-19+,34-20+/t41-,44-,45-,51+,52+/m0/s1. The highest BCUT2D eigenvalue weighted by Gasteiger charge is 2.47. The van der Waals surface area contributed by atoms with E-state index in [1.54, 1.807) is 4.90 Å². The number of amides is 3. The monoisotopic (exact) mass is 882 g/mol. The largest absolute Gasteiger partial charge is 0.508 e. The van der Waals surface area contributed by atoms with Crippen LogP contribution in [0, 0.1) is 0 Å². The molecular weight excluding hydrogens is 811 g/mol. The number of rotatable bonds is 18. The molecule has 4 aliphatic rings. The minimum Gasteiger partial charge on any atom is -0.508 e. The lowest BCUT2D eigenvalue weighted by Gasteiger charge is -2.41. The van der Waals surface area contributed by atoms with E-state index in [1.165, 1.54) is 46.4 Å². The molecule has 6 rings (SSSR count). The molecule has 0 unspecified atom stereocenters. The summed E-state index contributed by atoms with van der Waals surface area (Å²) in [5, 5.41) is 47.5. The predicted molar refractivity (Wildman–Crippen MR) is 249 cm³/mol. The number of aromatic hydroxyl groups is 2. The fourth-order valence-corrected chi connectivity index (χ4v) is 9.58. The molecule has 0 saturated heterocycles. The van der Waals surface area contributed by atoms with Gasteiger partial charge in [0.25, 0.3) is 11.8 Å². The third kappa shape index (κ3) is 10.4. The van der Waals surface area contributed by atoms with Crippen molar-refractivity contribution in [1.29, 1.82) is 0 Å². The Balaban J connectivity index is 1.12. The van der Waals surface area contributed by atoms with Crippen LogP contribution in [0.5, 0.6) is 23.0 Å². The number of ether oxygens (including phenoxy) is 2. The number of nitrogens with one attached hydrogen (secondary N) is 1. The van der Waals surface area contributed by atoms with Crippen molar-refractivity contribution in [2.45, 2.75) is 175 Å². The number of likely N-dealkylation sites (N-methyl/N-ethyl adjacent to an activating group) is 1. The number of phenolic OH excluding ortho intramolecular Hbond substituents is 2. The third-order valence-corrected chi connectivity index (χ3v) is 13.8. The van der Waals surface area contributed by atoms with Gasteiger partial charge in [0.15, 0.2) is 0 Å². The minimum atomic E-state index is -0.969. The Morgan fingerprint density at radius 1 is 0.734 bits per heavy atom. The lowest BCUT2D eigenvalue weighted by atomic mass is 9.84. The van der Waals surface area contributed by atoms with Crippen molar-refractivity contribution in [2.24, 2.45) is 0 Å². The van der Waals surface area contributed by atoms with Gasteiger partial charge in [0.1, 0.15) is 40.2 Å². The maximum absolute atomic E-state index is 14.1. The first kappa shape index (κ1) is 48.4. The number of allylic oxidation sites excluding steroid dienone is 8. The molecule has 2 aromatic rings. The molecule has 0 spiro atoms. The second-order valence-corrected chi connectivity index (χ2v) is 19.5. The highest BCUT2D eigenvalue weighted by atomic mass is 16.5. The average Bonchev–Trinajstić information content (AvgIpc) is 3.72. The Labute approximate surface area is 379 Å². The molecular formula is C52H71N3O9. The Morgan fingerprint density at radius 3 is 1.67 bits per heavy atom. The van der Waals surface area contributed by atoms with Gasteiger partial charge in [-0.05, 0) is 132 Å². The average molecular weight is 882 g/mol. The molecule has 0 fully saturated rings. The zero-order valence-electron chi connectivity index (χ0n) is 39.5. The lowest BCUT2D eigenvalue weighted by molar-refractivity contribution is -0.125. The number of nitrogens with zero attached hydrogens (tertiary/aromatic N) is 2. The van der Waals surface area contributed by atoms with Crippen LogP contribution in [-0.4, -0.2) is 91.0 Å². The Kier molecular flexibility index (Phi) is 15.1. The van der Waals surface area contributed by atoms with Crippen molar-refractivity contribution >= 4 is 17.7 Å². The molecule has 348 valence electrons. The van der Waals surface area contributed by atoms with Gasteiger partial charge >= 0.3 is 0 Å². The van der Waals surface area contributed by atoms with Crippen LogP contribution < -0.4 is 14.8 Å². The predicted octanol–water partition coefficient (Wildman–Crippen LogP) is 8.66. The van der Waals surface area contributed by atoms with E-state index < -0.39 is 35.4 Å². The lowest BCUT2D eigenvalue weighted by Crippen LogP contribution is -2.49. The van der Waals surface area contributed by atoms with Crippen molar-refractivity contribution in [3.63, 3.8) is 0 Å². The van der Waals surface area contributed by atoms with E-state index in [0.717, 1.165) is 25.7 Å². The van der Waals surface area contributed by atoms with Crippen molar-refractivity contribution < 1.29 is 44.3 Å². The molecule has 64 heavy (non-hydrogen) atoms. The first-order valence-corrected chi connectivity index (χ1v) is 23.2. The smallest absolute Gasteiger partial charge is 0.255 e. The van der Waals surface area contributed by atoms with Crippen molar-refractivity contribution in [3.05, 3.63) is 92.1 Å². The number of benzene rings is 2. The van der Waals surface area contributed by atoms with Crippen molar-refractivity contribution in [1.82, 2.24) is 15.1 Å². The fraction of sp³-hybridized carbons (Fsp3) is 0.558. The maximum Gasteiger partial charge on any atom is 0.255 e. The molecule has 4 aliphatic heterocycles. The van der Waals surface area contributed by atoms with Crippen LogP contribution in [0.25, 0.3) is 0 Å². The zero-order valence-corrected chi connectivity index (χ0v) is 39.5. The zero-order chi connectivity index (χ0) is 46.7. The van der Waals surface area contributed by atoms with Gasteiger partial charge in [-0.1, -0.05) is 46.6 Å². The van der Waals surface area contributed by atoms with Gasteiger partial charge in [0.05, 0.1) is 36.4 Å². The number of carbonyl (C=O) groups is 3. The van der Waals surface area contributed by atoms with E-state index in [0.29, 0.717) is 71.4 Å². The molecule has 4 heterocycles. The molecule has 0 radical (unpaired) electrons. The molecule has 12 nitrogen and oxygen atoms in total. The van der Waals surface area contributed by atoms with Gasteiger partial charge in [-0.15, -0.1) is 0 Å². The van der Waals surface area contributed by atoms with E-state index in [2.05, 4.69) is 71.2 Å². The summed E-state index contributed by atoms with van der Waals surface area (Å²) in [6.07, 6.45) is 14.4. The summed E-state index contributed by atoms with van der Waals surface area (Å²) in [5.41, 5.74) is 6.02. The van der Waals surface area contributed by atoms with E-state index in [1.807, 2.05) is 13.8 Å². The Bertz CT molecular complexity index is 2250. The summed E-state index contributed by atoms with van der Waals surface area (Å²) < 4.78 is 13.2. The molecule has 12 heteroatoms. The van der Waals surface area contributed by atoms with Gasteiger partial charge < -0.3 is 45.0 Å². The second kappa shape index (κ2) is 20.0. The molecule has 0 aromatic heterocycles. The van der Waals surface area contributed by atoms with Crippen LogP contribution in [0.15, 0.2) is 58.7 Å². The van der Waals surface area contributed by atoms with Gasteiger partial charge in [-0.2, -0.15) is 0 Å². The van der Waals surface area contributed by atoms with Gasteiger partial charge in [0, 0.05) is 48.7 Å². The summed E-state index contributed by atoms with van der Waals surface area (Å²) in [4.78, 5) is 44.7. The van der Waals surface area contributed by atoms with E-state index >= 15 is 0 Å². The number of fused-ring (bicyclic) bond motifs is 6. The summed E-state index contributed by atoms with van der Waals surface area (Å²) in [6, 6.07) is 2.01. The van der Waals surface area contributed by atoms with Crippen molar-refractivity contribution in [2.75, 3.05) is 13.6 Å². The maximum atomic E-state index is 14.1. The van der Waals surface area contributed by atoms with Crippen LogP contribution in [0.3, 0.4) is 0 Å². The van der Waals surface area contributed by atoms with Crippen molar-refractivity contribution in [3.8, 4) is 23.0 Å². The van der Waals surface area contributed by atoms with Crippen LogP contribution in [0.1, 0.15) is 163 Å². The van der Waals surface area contributed by atoms with Gasteiger partial charge in [0.2, 0.25) is 5.91 Å². The fourth-order valence-electron chi connectivity index (χ4n) is 9.58. The molecule has 0 bridgehead atoms. The quantitative estimate of drug-likeness (QED) is 0.0921. The summed E-state index contributed by atoms with van der Waals surface area (Å²) in [7, 11) is 1.52. The first-order chi connectivity index (χ1) is 30.3. The summed E-state index contributed by atoms with van der Waals surface area (Å²) in [6.45, 7) is 16.9. The van der Waals surface area contributed by atoms with E-state index in [4.69, 9.17) is 9.47 Å². The number of hydrogen-bond donors (Lipinski definition) is 5. The molecule has 5 N–H and O–H groups in total. The number of hydrogen-bond acceptors (Lipinski definition) is 9. The van der Waals surface area contributed by atoms with Gasteiger partial charge in [-0.25, -0.2) is 0 Å². The molecule has 3 amide bonds. The van der Waals surface area contributed by atoms with Crippen LogP contribution >= 0.6 is 0 Å². The van der Waals surface area contributed by atoms with E-state index in [-0.39, 0.29) is 67.8 Å². The molecule has 0 aliphatic carbocycles.